The van der Waals surface area contributed by atoms with Crippen molar-refractivity contribution in [1.82, 2.24) is 10.6 Å². The monoisotopic (exact) mass is 507 g/mol. The van der Waals surface area contributed by atoms with Gasteiger partial charge in [0, 0.05) is 17.8 Å². The molecule has 3 unspecified atom stereocenters. The normalized spacial score (nSPS) is 22.0. The van der Waals surface area contributed by atoms with Gasteiger partial charge in [0.25, 0.3) is 0 Å². The summed E-state index contributed by atoms with van der Waals surface area (Å²) in [4.78, 5) is 4.70. The Bertz CT molecular complexity index is 553. The maximum Gasteiger partial charge on any atom is 0.191 e. The molecule has 27 heavy (non-hydrogen) atoms. The Morgan fingerprint density at radius 2 is 2.07 bits per heavy atom. The average molecular weight is 507 g/mol. The lowest BCUT2D eigenvalue weighted by molar-refractivity contribution is -0.000599. The molecule has 0 radical (unpaired) electrons. The van der Waals surface area contributed by atoms with E-state index < -0.39 is 6.10 Å². The Labute approximate surface area is 185 Å². The molecule has 0 saturated carbocycles. The Kier molecular flexibility index (Phi) is 11.7. The lowest BCUT2D eigenvalue weighted by Crippen LogP contribution is -2.43. The van der Waals surface area contributed by atoms with Gasteiger partial charge in [-0.1, -0.05) is 30.3 Å². The van der Waals surface area contributed by atoms with E-state index in [2.05, 4.69) is 17.6 Å². The van der Waals surface area contributed by atoms with Gasteiger partial charge in [0.05, 0.1) is 25.4 Å². The van der Waals surface area contributed by atoms with Crippen molar-refractivity contribution in [2.24, 2.45) is 4.99 Å². The summed E-state index contributed by atoms with van der Waals surface area (Å²) in [6, 6.07) is 10.0. The SMILES string of the molecule is CCNC(=NCC1(C)CCCS1)NCC(O)COC(C)c1ccccc1.I. The molecule has 1 saturated heterocycles. The van der Waals surface area contributed by atoms with Gasteiger partial charge >= 0.3 is 0 Å². The zero-order chi connectivity index (χ0) is 18.8. The van der Waals surface area contributed by atoms with Crippen LogP contribution in [-0.4, -0.2) is 53.9 Å². The molecular formula is C20H34IN3O2S. The first-order valence-electron chi connectivity index (χ1n) is 9.53. The van der Waals surface area contributed by atoms with Crippen LogP contribution in [0.2, 0.25) is 0 Å². The van der Waals surface area contributed by atoms with Gasteiger partial charge in [0.1, 0.15) is 0 Å². The molecule has 3 N–H and O–H groups in total. The molecule has 0 aliphatic carbocycles. The molecule has 1 aromatic rings. The van der Waals surface area contributed by atoms with Crippen LogP contribution in [-0.2, 0) is 4.74 Å². The second-order valence-electron chi connectivity index (χ2n) is 7.02. The van der Waals surface area contributed by atoms with E-state index in [-0.39, 0.29) is 41.4 Å². The number of rotatable bonds is 9. The first-order valence-corrected chi connectivity index (χ1v) is 10.5. The number of aliphatic hydroxyl groups excluding tert-OH is 1. The fourth-order valence-electron chi connectivity index (χ4n) is 2.90. The average Bonchev–Trinajstić information content (AvgIpc) is 3.09. The lowest BCUT2D eigenvalue weighted by Gasteiger charge is -2.22. The molecule has 2 rings (SSSR count). The molecule has 3 atom stereocenters. The highest BCUT2D eigenvalue weighted by Gasteiger charge is 2.29. The third-order valence-electron chi connectivity index (χ3n) is 4.53. The van der Waals surface area contributed by atoms with Gasteiger partial charge in [0.15, 0.2) is 5.96 Å². The highest BCUT2D eigenvalue weighted by molar-refractivity contribution is 14.0. The topological polar surface area (TPSA) is 65.9 Å². The highest BCUT2D eigenvalue weighted by atomic mass is 127. The molecule has 0 aromatic heterocycles. The number of hydrogen-bond donors (Lipinski definition) is 3. The van der Waals surface area contributed by atoms with Crippen molar-refractivity contribution in [1.29, 1.82) is 0 Å². The second kappa shape index (κ2) is 12.9. The van der Waals surface area contributed by atoms with Crippen molar-refractivity contribution in [3.63, 3.8) is 0 Å². The lowest BCUT2D eigenvalue weighted by atomic mass is 10.1. The van der Waals surface area contributed by atoms with Crippen LogP contribution in [0.5, 0.6) is 0 Å². The summed E-state index contributed by atoms with van der Waals surface area (Å²) in [5, 5.41) is 16.7. The van der Waals surface area contributed by atoms with Gasteiger partial charge in [0.2, 0.25) is 0 Å². The molecule has 154 valence electrons. The molecular weight excluding hydrogens is 473 g/mol. The van der Waals surface area contributed by atoms with E-state index in [1.807, 2.05) is 55.9 Å². The van der Waals surface area contributed by atoms with Crippen molar-refractivity contribution >= 4 is 41.7 Å². The molecule has 0 bridgehead atoms. The summed E-state index contributed by atoms with van der Waals surface area (Å²) in [7, 11) is 0. The number of guanidine groups is 1. The quantitative estimate of drug-likeness (QED) is 0.271. The number of benzene rings is 1. The summed E-state index contributed by atoms with van der Waals surface area (Å²) in [6.07, 6.45) is 1.87. The minimum Gasteiger partial charge on any atom is -0.389 e. The Balaban J connectivity index is 0.00000364. The van der Waals surface area contributed by atoms with E-state index in [9.17, 15) is 5.11 Å². The molecule has 1 aliphatic rings. The summed E-state index contributed by atoms with van der Waals surface area (Å²) in [5.41, 5.74) is 1.12. The van der Waals surface area contributed by atoms with Crippen molar-refractivity contribution in [2.45, 2.75) is 50.6 Å². The maximum absolute atomic E-state index is 10.2. The molecule has 7 heteroatoms. The molecule has 0 spiro atoms. The van der Waals surface area contributed by atoms with Crippen molar-refractivity contribution in [2.75, 3.05) is 32.0 Å². The summed E-state index contributed by atoms with van der Waals surface area (Å²) in [5.74, 6) is 1.99. The van der Waals surface area contributed by atoms with Gasteiger partial charge < -0.3 is 20.5 Å². The number of nitrogens with one attached hydrogen (secondary N) is 2. The third kappa shape index (κ3) is 9.02. The number of nitrogens with zero attached hydrogens (tertiary/aromatic N) is 1. The number of aliphatic imine (C=N–C) groups is 1. The molecule has 1 aromatic carbocycles. The van der Waals surface area contributed by atoms with Crippen LogP contribution in [0.1, 0.15) is 45.3 Å². The van der Waals surface area contributed by atoms with Crippen LogP contribution in [0.3, 0.4) is 0 Å². The minimum absolute atomic E-state index is 0. The third-order valence-corrected chi connectivity index (χ3v) is 6.05. The van der Waals surface area contributed by atoms with Gasteiger partial charge in [-0.15, -0.1) is 24.0 Å². The van der Waals surface area contributed by atoms with Gasteiger partial charge in [-0.2, -0.15) is 11.8 Å². The van der Waals surface area contributed by atoms with Crippen molar-refractivity contribution in [3.05, 3.63) is 35.9 Å². The van der Waals surface area contributed by atoms with E-state index in [0.717, 1.165) is 24.6 Å². The Hall–Kier alpha value is -0.510. The highest BCUT2D eigenvalue weighted by Crippen LogP contribution is 2.37. The van der Waals surface area contributed by atoms with Gasteiger partial charge in [-0.3, -0.25) is 4.99 Å². The smallest absolute Gasteiger partial charge is 0.191 e. The number of aliphatic hydroxyl groups is 1. The zero-order valence-corrected chi connectivity index (χ0v) is 19.8. The van der Waals surface area contributed by atoms with Crippen LogP contribution in [0.15, 0.2) is 35.3 Å². The van der Waals surface area contributed by atoms with E-state index in [0.29, 0.717) is 6.54 Å². The summed E-state index contributed by atoms with van der Waals surface area (Å²) in [6.45, 7) is 8.63. The fraction of sp³-hybridized carbons (Fsp3) is 0.650. The van der Waals surface area contributed by atoms with Crippen LogP contribution in [0.25, 0.3) is 0 Å². The van der Waals surface area contributed by atoms with Crippen LogP contribution >= 0.6 is 35.7 Å². The second-order valence-corrected chi connectivity index (χ2v) is 8.70. The minimum atomic E-state index is -0.582. The predicted octanol–water partition coefficient (Wildman–Crippen LogP) is 3.58. The molecule has 1 fully saturated rings. The van der Waals surface area contributed by atoms with Crippen LogP contribution in [0, 0.1) is 0 Å². The van der Waals surface area contributed by atoms with Crippen LogP contribution < -0.4 is 10.6 Å². The number of halogens is 1. The van der Waals surface area contributed by atoms with Crippen LogP contribution in [0.4, 0.5) is 0 Å². The molecule has 1 aliphatic heterocycles. The summed E-state index contributed by atoms with van der Waals surface area (Å²) >= 11 is 2.01. The Morgan fingerprint density at radius 1 is 1.33 bits per heavy atom. The largest absolute Gasteiger partial charge is 0.389 e. The fourth-order valence-corrected chi connectivity index (χ4v) is 4.12. The first kappa shape index (κ1) is 24.5. The molecule has 5 nitrogen and oxygen atoms in total. The first-order chi connectivity index (χ1) is 12.5. The van der Waals surface area contributed by atoms with Crippen molar-refractivity contribution in [3.8, 4) is 0 Å². The van der Waals surface area contributed by atoms with E-state index in [4.69, 9.17) is 9.73 Å². The number of thioether (sulfide) groups is 1. The zero-order valence-electron chi connectivity index (χ0n) is 16.6. The van der Waals surface area contributed by atoms with E-state index in [1.54, 1.807) is 0 Å². The van der Waals surface area contributed by atoms with E-state index in [1.165, 1.54) is 18.6 Å². The summed E-state index contributed by atoms with van der Waals surface area (Å²) < 4.78 is 6.03. The maximum atomic E-state index is 10.2. The molecule has 0 amide bonds. The number of hydrogen-bond acceptors (Lipinski definition) is 4. The predicted molar refractivity (Wildman–Crippen MR) is 126 cm³/mol. The molecule has 1 heterocycles. The van der Waals surface area contributed by atoms with Gasteiger partial charge in [-0.25, -0.2) is 0 Å². The van der Waals surface area contributed by atoms with E-state index >= 15 is 0 Å². The Morgan fingerprint density at radius 3 is 2.70 bits per heavy atom. The standard InChI is InChI=1S/C20H33N3O2S.HI/c1-4-21-19(23-15-20(3)11-8-12-26-20)22-13-18(24)14-25-16(2)17-9-6-5-7-10-17;/h5-7,9-10,16,18,24H,4,8,11-15H2,1-3H3,(H2,21,22,23);1H. The number of ether oxygens (including phenoxy) is 1. The van der Waals surface area contributed by atoms with Crippen molar-refractivity contribution < 1.29 is 9.84 Å². The van der Waals surface area contributed by atoms with Gasteiger partial charge in [-0.05, 0) is 44.9 Å².